The molecule has 0 spiro atoms. The summed E-state index contributed by atoms with van der Waals surface area (Å²) in [6, 6.07) is 9.35. The van der Waals surface area contributed by atoms with Gasteiger partial charge in [0.2, 0.25) is 5.78 Å². The van der Waals surface area contributed by atoms with E-state index in [1.54, 1.807) is 29.7 Å². The van der Waals surface area contributed by atoms with E-state index in [1.165, 1.54) is 4.88 Å². The van der Waals surface area contributed by atoms with E-state index in [2.05, 4.69) is 21.0 Å². The van der Waals surface area contributed by atoms with Crippen LogP contribution in [-0.2, 0) is 17.7 Å². The van der Waals surface area contributed by atoms with Crippen molar-refractivity contribution in [1.29, 1.82) is 0 Å². The number of rotatable bonds is 7. The van der Waals surface area contributed by atoms with Crippen LogP contribution in [0.2, 0.25) is 0 Å². The first-order chi connectivity index (χ1) is 12.1. The molecule has 0 amide bonds. The van der Waals surface area contributed by atoms with Gasteiger partial charge in [0.1, 0.15) is 5.69 Å². The van der Waals surface area contributed by atoms with E-state index >= 15 is 0 Å². The molecule has 0 radical (unpaired) electrons. The van der Waals surface area contributed by atoms with Crippen molar-refractivity contribution >= 4 is 23.1 Å². The Bertz CT molecular complexity index is 861. The van der Waals surface area contributed by atoms with Crippen LogP contribution in [0.5, 0.6) is 0 Å². The van der Waals surface area contributed by atoms with Gasteiger partial charge in [-0.25, -0.2) is 4.79 Å². The highest BCUT2D eigenvalue weighted by Gasteiger charge is 2.18. The Kier molecular flexibility index (Phi) is 5.19. The topological polar surface area (TPSA) is 64.1 Å². The second-order valence-electron chi connectivity index (χ2n) is 5.85. The number of carbonyl (C=O) groups is 2. The van der Waals surface area contributed by atoms with E-state index in [4.69, 9.17) is 4.74 Å². The van der Waals surface area contributed by atoms with Gasteiger partial charge in [-0.15, -0.1) is 11.3 Å². The van der Waals surface area contributed by atoms with Gasteiger partial charge < -0.3 is 14.3 Å². The van der Waals surface area contributed by atoms with Gasteiger partial charge in [0.25, 0.3) is 0 Å². The van der Waals surface area contributed by atoms with Gasteiger partial charge in [-0.2, -0.15) is 0 Å². The number of esters is 1. The predicted octanol–water partition coefficient (Wildman–Crippen LogP) is 3.78. The lowest BCUT2D eigenvalue weighted by Gasteiger charge is -2.09. The van der Waals surface area contributed by atoms with Crippen molar-refractivity contribution < 1.29 is 14.3 Å². The number of aromatic nitrogens is 2. The first-order valence-electron chi connectivity index (χ1n) is 8.09. The summed E-state index contributed by atoms with van der Waals surface area (Å²) in [5.41, 5.74) is 2.90. The third kappa shape index (κ3) is 3.91. The highest BCUT2D eigenvalue weighted by molar-refractivity contribution is 7.09. The van der Waals surface area contributed by atoms with Gasteiger partial charge in [-0.1, -0.05) is 6.07 Å². The molecule has 3 rings (SSSR count). The maximum absolute atomic E-state index is 12.4. The number of nitrogens with one attached hydrogen (secondary N) is 1. The van der Waals surface area contributed by atoms with Gasteiger partial charge >= 0.3 is 5.97 Å². The lowest BCUT2D eigenvalue weighted by molar-refractivity contribution is 0.0469. The van der Waals surface area contributed by atoms with Crippen molar-refractivity contribution in [1.82, 2.24) is 9.55 Å². The number of Topliss-reactive ketones (excluding diaryl/α,β-unsaturated/α-hetero) is 1. The number of aromatic amines is 1. The highest BCUT2D eigenvalue weighted by atomic mass is 32.1. The molecule has 3 heterocycles. The molecule has 3 aromatic heterocycles. The molecule has 0 atom stereocenters. The Balaban J connectivity index is 1.64. The maximum atomic E-state index is 12.4. The summed E-state index contributed by atoms with van der Waals surface area (Å²) in [6.07, 6.45) is 2.57. The van der Waals surface area contributed by atoms with Crippen molar-refractivity contribution in [3.8, 4) is 0 Å². The zero-order valence-corrected chi connectivity index (χ0v) is 15.1. The zero-order valence-electron chi connectivity index (χ0n) is 14.2. The van der Waals surface area contributed by atoms with Crippen LogP contribution >= 0.6 is 11.3 Å². The monoisotopic (exact) mass is 356 g/mol. The smallest absolute Gasteiger partial charge is 0.355 e. The number of ketones is 1. The molecule has 0 aliphatic heterocycles. The second-order valence-corrected chi connectivity index (χ2v) is 6.88. The van der Waals surface area contributed by atoms with Crippen LogP contribution in [-0.4, -0.2) is 27.9 Å². The minimum atomic E-state index is -0.523. The summed E-state index contributed by atoms with van der Waals surface area (Å²) < 4.78 is 7.24. The van der Waals surface area contributed by atoms with Crippen LogP contribution in [0.1, 0.15) is 37.1 Å². The number of ether oxygens (including phenoxy) is 1. The number of nitrogens with zero attached hydrogens (tertiary/aromatic N) is 1. The van der Waals surface area contributed by atoms with Crippen LogP contribution < -0.4 is 0 Å². The summed E-state index contributed by atoms with van der Waals surface area (Å²) in [7, 11) is 0. The van der Waals surface area contributed by atoms with E-state index in [0.717, 1.165) is 24.4 Å². The average Bonchev–Trinajstić information content (AvgIpc) is 3.33. The highest BCUT2D eigenvalue weighted by Crippen LogP contribution is 2.18. The van der Waals surface area contributed by atoms with Crippen molar-refractivity contribution in [2.24, 2.45) is 0 Å². The molecule has 25 heavy (non-hydrogen) atoms. The first-order valence-corrected chi connectivity index (χ1v) is 8.97. The SMILES string of the molecule is Cc1cc(C(=O)COC(=O)c2ccc[nH]2)c(C)n1CCc1cccs1. The molecule has 6 heteroatoms. The van der Waals surface area contributed by atoms with E-state index in [1.807, 2.05) is 26.0 Å². The Hall–Kier alpha value is -2.60. The zero-order chi connectivity index (χ0) is 17.8. The van der Waals surface area contributed by atoms with Crippen LogP contribution in [0.4, 0.5) is 0 Å². The van der Waals surface area contributed by atoms with Crippen LogP contribution in [0.25, 0.3) is 0 Å². The van der Waals surface area contributed by atoms with Gasteiger partial charge in [0, 0.05) is 34.6 Å². The fourth-order valence-electron chi connectivity index (χ4n) is 2.85. The van der Waals surface area contributed by atoms with Crippen molar-refractivity contribution in [2.45, 2.75) is 26.8 Å². The molecule has 5 nitrogen and oxygen atoms in total. The molecule has 0 aromatic carbocycles. The quantitative estimate of drug-likeness (QED) is 0.518. The number of aryl methyl sites for hydroxylation is 2. The fourth-order valence-corrected chi connectivity index (χ4v) is 3.55. The molecular weight excluding hydrogens is 336 g/mol. The molecular formula is C19H20N2O3S. The third-order valence-corrected chi connectivity index (χ3v) is 5.12. The van der Waals surface area contributed by atoms with Crippen molar-refractivity contribution in [3.63, 3.8) is 0 Å². The molecule has 3 aromatic rings. The summed E-state index contributed by atoms with van der Waals surface area (Å²) in [4.78, 5) is 28.3. The van der Waals surface area contributed by atoms with E-state index in [-0.39, 0.29) is 12.4 Å². The Morgan fingerprint density at radius 2 is 2.08 bits per heavy atom. The van der Waals surface area contributed by atoms with Crippen molar-refractivity contribution in [2.75, 3.05) is 6.61 Å². The summed E-state index contributed by atoms with van der Waals surface area (Å²) in [5, 5.41) is 2.07. The fraction of sp³-hybridized carbons (Fsp3) is 0.263. The normalized spacial score (nSPS) is 10.8. The van der Waals surface area contributed by atoms with Crippen LogP contribution in [0.3, 0.4) is 0 Å². The average molecular weight is 356 g/mol. The van der Waals surface area contributed by atoms with Crippen molar-refractivity contribution in [3.05, 3.63) is 69.4 Å². The van der Waals surface area contributed by atoms with Crippen LogP contribution in [0.15, 0.2) is 41.9 Å². The van der Waals surface area contributed by atoms with Gasteiger partial charge in [-0.3, -0.25) is 4.79 Å². The second kappa shape index (κ2) is 7.53. The Morgan fingerprint density at radius 1 is 1.24 bits per heavy atom. The molecule has 0 aliphatic rings. The molecule has 0 unspecified atom stereocenters. The number of carbonyl (C=O) groups excluding carboxylic acids is 2. The lowest BCUT2D eigenvalue weighted by Crippen LogP contribution is -2.15. The lowest BCUT2D eigenvalue weighted by atomic mass is 10.1. The molecule has 0 aliphatic carbocycles. The summed E-state index contributed by atoms with van der Waals surface area (Å²) in [5.74, 6) is -0.708. The maximum Gasteiger partial charge on any atom is 0.355 e. The van der Waals surface area contributed by atoms with Gasteiger partial charge in [0.15, 0.2) is 6.61 Å². The predicted molar refractivity (Wildman–Crippen MR) is 97.3 cm³/mol. The number of hydrogen-bond donors (Lipinski definition) is 1. The standard InChI is InChI=1S/C19H20N2O3S/c1-13-11-16(14(2)21(13)9-7-15-5-4-10-25-15)18(22)12-24-19(23)17-6-3-8-20-17/h3-6,8,10-11,20H,7,9,12H2,1-2H3. The van der Waals surface area contributed by atoms with E-state index in [9.17, 15) is 9.59 Å². The van der Waals surface area contributed by atoms with E-state index < -0.39 is 5.97 Å². The minimum Gasteiger partial charge on any atom is -0.453 e. The number of H-pyrrole nitrogens is 1. The van der Waals surface area contributed by atoms with E-state index in [0.29, 0.717) is 11.3 Å². The molecule has 0 bridgehead atoms. The molecule has 0 fully saturated rings. The summed E-state index contributed by atoms with van der Waals surface area (Å²) >= 11 is 1.74. The molecule has 0 saturated carbocycles. The largest absolute Gasteiger partial charge is 0.453 e. The number of hydrogen-bond acceptors (Lipinski definition) is 4. The van der Waals surface area contributed by atoms with Gasteiger partial charge in [0.05, 0.1) is 0 Å². The van der Waals surface area contributed by atoms with Crippen LogP contribution in [0, 0.1) is 13.8 Å². The molecule has 130 valence electrons. The molecule has 1 N–H and O–H groups in total. The Morgan fingerprint density at radius 3 is 2.76 bits per heavy atom. The van der Waals surface area contributed by atoms with Gasteiger partial charge in [-0.05, 0) is 49.9 Å². The minimum absolute atomic E-state index is 0.185. The first kappa shape index (κ1) is 17.2. The molecule has 0 saturated heterocycles. The number of thiophene rings is 1. The summed E-state index contributed by atoms with van der Waals surface area (Å²) in [6.45, 7) is 4.49. The Labute approximate surface area is 150 Å². The third-order valence-electron chi connectivity index (χ3n) is 4.19.